The van der Waals surface area contributed by atoms with Gasteiger partial charge in [-0.3, -0.25) is 10.1 Å². The van der Waals surface area contributed by atoms with Crippen LogP contribution in [0.15, 0.2) is 29.3 Å². The van der Waals surface area contributed by atoms with Crippen LogP contribution >= 0.6 is 11.6 Å². The number of hydrogen-bond acceptors (Lipinski definition) is 7. The maximum absolute atomic E-state index is 12.7. The monoisotopic (exact) mass is 449 g/mol. The molecule has 9 nitrogen and oxygen atoms in total. The summed E-state index contributed by atoms with van der Waals surface area (Å²) in [5.74, 6) is 1.49. The SMILES string of the molecule is CC1CCN(C2=NC3C(C(=O)NC(=O)N3C)N2CC(O)COc2ccc(Cl)cc2)CC1. The third kappa shape index (κ3) is 4.57. The van der Waals surface area contributed by atoms with Crippen molar-refractivity contribution < 1.29 is 19.4 Å². The third-order valence-corrected chi connectivity index (χ3v) is 6.32. The summed E-state index contributed by atoms with van der Waals surface area (Å²) in [7, 11) is 1.63. The van der Waals surface area contributed by atoms with Gasteiger partial charge in [-0.15, -0.1) is 0 Å². The molecule has 4 rings (SSSR count). The topological polar surface area (TPSA) is 97.7 Å². The molecule has 0 spiro atoms. The molecule has 0 radical (unpaired) electrons. The van der Waals surface area contributed by atoms with Crippen LogP contribution in [-0.4, -0.2) is 89.3 Å². The molecule has 2 saturated heterocycles. The van der Waals surface area contributed by atoms with E-state index in [0.29, 0.717) is 22.6 Å². The molecule has 0 saturated carbocycles. The minimum Gasteiger partial charge on any atom is -0.491 e. The molecule has 2 N–H and O–H groups in total. The van der Waals surface area contributed by atoms with E-state index < -0.39 is 30.2 Å². The van der Waals surface area contributed by atoms with Gasteiger partial charge in [0.25, 0.3) is 5.91 Å². The number of likely N-dealkylation sites (N-methyl/N-ethyl adjacent to an activating group) is 1. The van der Waals surface area contributed by atoms with Crippen molar-refractivity contribution in [3.8, 4) is 5.75 Å². The number of benzene rings is 1. The van der Waals surface area contributed by atoms with E-state index in [2.05, 4.69) is 17.1 Å². The van der Waals surface area contributed by atoms with Crippen LogP contribution in [0, 0.1) is 5.92 Å². The van der Waals surface area contributed by atoms with Gasteiger partial charge >= 0.3 is 6.03 Å². The lowest BCUT2D eigenvalue weighted by molar-refractivity contribution is -0.127. The van der Waals surface area contributed by atoms with Gasteiger partial charge in [-0.05, 0) is 43.0 Å². The number of guanidine groups is 1. The number of aliphatic hydroxyl groups is 1. The average molecular weight is 450 g/mol. The van der Waals surface area contributed by atoms with Crippen LogP contribution in [0.2, 0.25) is 5.02 Å². The van der Waals surface area contributed by atoms with Crippen molar-refractivity contribution in [3.05, 3.63) is 29.3 Å². The number of urea groups is 1. The number of rotatable bonds is 5. The Hall–Kier alpha value is -2.52. The number of aliphatic hydroxyl groups excluding tert-OH is 1. The second-order valence-electron chi connectivity index (χ2n) is 8.43. The highest BCUT2D eigenvalue weighted by atomic mass is 35.5. The quantitative estimate of drug-likeness (QED) is 0.704. The molecule has 0 aromatic heterocycles. The van der Waals surface area contributed by atoms with Crippen LogP contribution in [0.3, 0.4) is 0 Å². The Morgan fingerprint density at radius 3 is 2.61 bits per heavy atom. The molecule has 3 unspecified atom stereocenters. The lowest BCUT2D eigenvalue weighted by Crippen LogP contribution is -2.65. The summed E-state index contributed by atoms with van der Waals surface area (Å²) in [6, 6.07) is 5.76. The number of carbonyl (C=O) groups is 2. The Balaban J connectivity index is 1.49. The van der Waals surface area contributed by atoms with Crippen molar-refractivity contribution in [3.63, 3.8) is 0 Å². The minimum atomic E-state index is -0.862. The molecular weight excluding hydrogens is 422 g/mol. The molecule has 0 bridgehead atoms. The molecule has 3 aliphatic rings. The molecule has 1 aromatic rings. The van der Waals surface area contributed by atoms with Crippen molar-refractivity contribution in [1.29, 1.82) is 0 Å². The van der Waals surface area contributed by atoms with Crippen LogP contribution in [0.1, 0.15) is 19.8 Å². The van der Waals surface area contributed by atoms with Crippen molar-refractivity contribution >= 4 is 29.5 Å². The number of aliphatic imine (C=N–C) groups is 1. The summed E-state index contributed by atoms with van der Waals surface area (Å²) in [5.41, 5.74) is 0. The standard InChI is InChI=1S/C21H28ClN5O4/c1-13-7-9-26(10-8-13)20-23-18-17(19(29)24-21(30)25(18)2)27(20)11-15(28)12-31-16-5-3-14(22)4-6-16/h3-6,13,15,17-18,28H,7-12H2,1-2H3,(H,24,29,30). The zero-order valence-corrected chi connectivity index (χ0v) is 18.5. The van der Waals surface area contributed by atoms with Gasteiger partial charge in [-0.25, -0.2) is 9.79 Å². The number of β-amino-alcohol motifs (C(OH)–C–C–N with tert-alkyl or cyclic N) is 1. The van der Waals surface area contributed by atoms with Crippen LogP contribution in [-0.2, 0) is 4.79 Å². The van der Waals surface area contributed by atoms with Gasteiger partial charge in [0.05, 0.1) is 6.54 Å². The summed E-state index contributed by atoms with van der Waals surface area (Å²) in [6.45, 7) is 4.09. The second-order valence-corrected chi connectivity index (χ2v) is 8.87. The van der Waals surface area contributed by atoms with E-state index in [1.165, 1.54) is 4.90 Å². The van der Waals surface area contributed by atoms with E-state index in [-0.39, 0.29) is 13.2 Å². The Labute approximate surface area is 186 Å². The number of hydrogen-bond donors (Lipinski definition) is 2. The lowest BCUT2D eigenvalue weighted by Gasteiger charge is -2.39. The fraction of sp³-hybridized carbons (Fsp3) is 0.571. The van der Waals surface area contributed by atoms with Crippen molar-refractivity contribution in [2.45, 2.75) is 38.1 Å². The first-order valence-electron chi connectivity index (χ1n) is 10.6. The number of carbonyl (C=O) groups excluding carboxylic acids is 2. The first kappa shape index (κ1) is 21.7. The van der Waals surface area contributed by atoms with E-state index in [1.807, 2.05) is 4.90 Å². The van der Waals surface area contributed by atoms with Crippen LogP contribution in [0.25, 0.3) is 0 Å². The number of fused-ring (bicyclic) bond motifs is 1. The summed E-state index contributed by atoms with van der Waals surface area (Å²) in [5, 5.41) is 13.7. The fourth-order valence-corrected chi connectivity index (χ4v) is 4.31. The molecule has 0 aliphatic carbocycles. The van der Waals surface area contributed by atoms with E-state index in [1.54, 1.807) is 31.3 Å². The highest BCUT2D eigenvalue weighted by molar-refractivity contribution is 6.30. The predicted molar refractivity (Wildman–Crippen MR) is 116 cm³/mol. The molecule has 3 heterocycles. The van der Waals surface area contributed by atoms with Gasteiger partial charge < -0.3 is 24.5 Å². The smallest absolute Gasteiger partial charge is 0.325 e. The van der Waals surface area contributed by atoms with Gasteiger partial charge in [0.1, 0.15) is 18.5 Å². The number of imide groups is 1. The molecule has 3 atom stereocenters. The number of likely N-dealkylation sites (tertiary alicyclic amines) is 1. The van der Waals surface area contributed by atoms with Crippen molar-refractivity contribution in [2.24, 2.45) is 10.9 Å². The summed E-state index contributed by atoms with van der Waals surface area (Å²) < 4.78 is 5.68. The summed E-state index contributed by atoms with van der Waals surface area (Å²) >= 11 is 5.89. The van der Waals surface area contributed by atoms with Crippen molar-refractivity contribution in [1.82, 2.24) is 20.0 Å². The summed E-state index contributed by atoms with van der Waals surface area (Å²) in [4.78, 5) is 34.9. The molecule has 1 aromatic carbocycles. The van der Waals surface area contributed by atoms with Crippen LogP contribution in [0.4, 0.5) is 4.79 Å². The number of ether oxygens (including phenoxy) is 1. The largest absolute Gasteiger partial charge is 0.491 e. The first-order chi connectivity index (χ1) is 14.8. The molecule has 31 heavy (non-hydrogen) atoms. The highest BCUT2D eigenvalue weighted by Gasteiger charge is 2.50. The van der Waals surface area contributed by atoms with Gasteiger partial charge in [-0.1, -0.05) is 18.5 Å². The average Bonchev–Trinajstić information content (AvgIpc) is 3.12. The number of piperidine rings is 1. The zero-order valence-electron chi connectivity index (χ0n) is 17.7. The first-order valence-corrected chi connectivity index (χ1v) is 10.9. The lowest BCUT2D eigenvalue weighted by atomic mass is 9.99. The van der Waals surface area contributed by atoms with Crippen molar-refractivity contribution in [2.75, 3.05) is 33.3 Å². The minimum absolute atomic E-state index is 0.0518. The van der Waals surface area contributed by atoms with Gasteiger partial charge in [0.2, 0.25) is 0 Å². The molecular formula is C21H28ClN5O4. The second kappa shape index (κ2) is 8.92. The number of nitrogens with one attached hydrogen (secondary N) is 1. The Bertz CT molecular complexity index is 856. The maximum Gasteiger partial charge on any atom is 0.325 e. The summed E-state index contributed by atoms with van der Waals surface area (Å²) in [6.07, 6.45) is 0.593. The molecule has 2 fully saturated rings. The number of nitrogens with zero attached hydrogens (tertiary/aromatic N) is 4. The Morgan fingerprint density at radius 1 is 1.26 bits per heavy atom. The third-order valence-electron chi connectivity index (χ3n) is 6.07. The van der Waals surface area contributed by atoms with Gasteiger partial charge in [0.15, 0.2) is 18.2 Å². The van der Waals surface area contributed by atoms with Gasteiger partial charge in [0, 0.05) is 25.2 Å². The van der Waals surface area contributed by atoms with E-state index in [4.69, 9.17) is 21.3 Å². The maximum atomic E-state index is 12.7. The Kier molecular flexibility index (Phi) is 6.24. The van der Waals surface area contributed by atoms with Crippen LogP contribution in [0.5, 0.6) is 5.75 Å². The van der Waals surface area contributed by atoms with E-state index in [9.17, 15) is 14.7 Å². The highest BCUT2D eigenvalue weighted by Crippen LogP contribution is 2.28. The van der Waals surface area contributed by atoms with Gasteiger partial charge in [-0.2, -0.15) is 0 Å². The number of amides is 3. The molecule has 168 valence electrons. The molecule has 10 heteroatoms. The Morgan fingerprint density at radius 2 is 1.94 bits per heavy atom. The number of halogens is 1. The zero-order chi connectivity index (χ0) is 22.1. The van der Waals surface area contributed by atoms with E-state index in [0.717, 1.165) is 25.9 Å². The van der Waals surface area contributed by atoms with Crippen LogP contribution < -0.4 is 10.1 Å². The fourth-order valence-electron chi connectivity index (χ4n) is 4.18. The predicted octanol–water partition coefficient (Wildman–Crippen LogP) is 1.36. The molecule has 3 amide bonds. The molecule has 3 aliphatic heterocycles. The normalized spacial score (nSPS) is 25.3. The van der Waals surface area contributed by atoms with E-state index >= 15 is 0 Å².